The molecule has 0 saturated carbocycles. The van der Waals surface area contributed by atoms with Crippen molar-refractivity contribution < 1.29 is 9.47 Å². The van der Waals surface area contributed by atoms with E-state index in [0.29, 0.717) is 13.2 Å². The van der Waals surface area contributed by atoms with Gasteiger partial charge in [-0.3, -0.25) is 0 Å². The number of azo groups is 1. The van der Waals surface area contributed by atoms with Crippen molar-refractivity contribution in [1.82, 2.24) is 0 Å². The van der Waals surface area contributed by atoms with E-state index in [0.717, 1.165) is 17.8 Å². The first-order valence-corrected chi connectivity index (χ1v) is 6.58. The summed E-state index contributed by atoms with van der Waals surface area (Å²) in [6, 6.07) is 9.67. The Labute approximate surface area is 119 Å². The zero-order valence-electron chi connectivity index (χ0n) is 11.3. The number of hydrogen-bond acceptors (Lipinski definition) is 4. The lowest BCUT2D eigenvalue weighted by Crippen LogP contribution is -2.14. The summed E-state index contributed by atoms with van der Waals surface area (Å²) >= 11 is 0. The van der Waals surface area contributed by atoms with E-state index in [-0.39, 0.29) is 6.10 Å². The van der Waals surface area contributed by atoms with Crippen molar-refractivity contribution in [3.8, 4) is 0 Å². The second kappa shape index (κ2) is 8.07. The van der Waals surface area contributed by atoms with Gasteiger partial charge in [-0.15, -0.1) is 0 Å². The maximum atomic E-state index is 5.62. The van der Waals surface area contributed by atoms with Crippen molar-refractivity contribution in [2.45, 2.75) is 12.5 Å². The van der Waals surface area contributed by atoms with Gasteiger partial charge in [0.25, 0.3) is 0 Å². The Kier molecular flexibility index (Phi) is 5.73. The van der Waals surface area contributed by atoms with Gasteiger partial charge in [-0.1, -0.05) is 36.9 Å². The van der Waals surface area contributed by atoms with Crippen LogP contribution in [0.1, 0.15) is 6.42 Å². The van der Waals surface area contributed by atoms with E-state index in [1.807, 2.05) is 48.6 Å². The first kappa shape index (κ1) is 14.2. The molecule has 0 aliphatic heterocycles. The van der Waals surface area contributed by atoms with Gasteiger partial charge < -0.3 is 9.47 Å². The molecule has 1 aromatic rings. The summed E-state index contributed by atoms with van der Waals surface area (Å²) in [6.45, 7) is 4.55. The van der Waals surface area contributed by atoms with Crippen LogP contribution in [0.4, 0.5) is 5.69 Å². The molecule has 0 saturated heterocycles. The SMILES string of the molecule is C=COCCOC1C=CC(N=Nc2ccccc2)=CC1. The van der Waals surface area contributed by atoms with Gasteiger partial charge in [0, 0.05) is 0 Å². The fourth-order valence-electron chi connectivity index (χ4n) is 1.73. The Balaban J connectivity index is 1.77. The highest BCUT2D eigenvalue weighted by Gasteiger charge is 2.08. The molecule has 0 bridgehead atoms. The van der Waals surface area contributed by atoms with E-state index in [2.05, 4.69) is 16.8 Å². The number of ether oxygens (including phenoxy) is 2. The topological polar surface area (TPSA) is 43.2 Å². The Morgan fingerprint density at radius 1 is 1.20 bits per heavy atom. The molecule has 4 heteroatoms. The van der Waals surface area contributed by atoms with Crippen LogP contribution in [0.2, 0.25) is 0 Å². The fraction of sp³-hybridized carbons (Fsp3) is 0.250. The predicted molar refractivity (Wildman–Crippen MR) is 78.7 cm³/mol. The minimum absolute atomic E-state index is 0.0825. The largest absolute Gasteiger partial charge is 0.499 e. The minimum Gasteiger partial charge on any atom is -0.499 e. The second-order valence-corrected chi connectivity index (χ2v) is 4.21. The lowest BCUT2D eigenvalue weighted by Gasteiger charge is -2.15. The molecule has 0 aromatic heterocycles. The molecule has 1 aliphatic rings. The molecule has 0 radical (unpaired) electrons. The van der Waals surface area contributed by atoms with E-state index in [1.54, 1.807) is 0 Å². The molecule has 1 aliphatic carbocycles. The van der Waals surface area contributed by atoms with Gasteiger partial charge in [0.1, 0.15) is 6.61 Å². The molecule has 0 amide bonds. The van der Waals surface area contributed by atoms with Gasteiger partial charge >= 0.3 is 0 Å². The first-order chi connectivity index (χ1) is 9.88. The molecule has 1 atom stereocenters. The summed E-state index contributed by atoms with van der Waals surface area (Å²) in [7, 11) is 0. The van der Waals surface area contributed by atoms with Crippen LogP contribution in [0.5, 0.6) is 0 Å². The standard InChI is InChI=1S/C16H18N2O2/c1-2-19-12-13-20-16-10-8-15(9-11-16)18-17-14-6-4-3-5-7-14/h2-10,16H,1,11-13H2. The summed E-state index contributed by atoms with van der Waals surface area (Å²) < 4.78 is 10.6. The average molecular weight is 270 g/mol. The normalized spacial score (nSPS) is 18.0. The van der Waals surface area contributed by atoms with Crippen molar-refractivity contribution in [3.05, 3.63) is 67.1 Å². The minimum atomic E-state index is 0.0825. The molecule has 20 heavy (non-hydrogen) atoms. The summed E-state index contributed by atoms with van der Waals surface area (Å²) in [5, 5.41) is 8.38. The fourth-order valence-corrected chi connectivity index (χ4v) is 1.73. The second-order valence-electron chi connectivity index (χ2n) is 4.21. The summed E-state index contributed by atoms with van der Waals surface area (Å²) in [5.74, 6) is 0. The first-order valence-electron chi connectivity index (χ1n) is 6.58. The van der Waals surface area contributed by atoms with Crippen molar-refractivity contribution in [2.24, 2.45) is 10.2 Å². The molecule has 0 fully saturated rings. The zero-order valence-corrected chi connectivity index (χ0v) is 11.3. The van der Waals surface area contributed by atoms with Crippen LogP contribution in [0.15, 0.2) is 77.3 Å². The number of rotatable bonds is 7. The smallest absolute Gasteiger partial charge is 0.111 e. The molecule has 0 spiro atoms. The van der Waals surface area contributed by atoms with E-state index in [4.69, 9.17) is 9.47 Å². The van der Waals surface area contributed by atoms with E-state index in [1.165, 1.54) is 6.26 Å². The lowest BCUT2D eigenvalue weighted by atomic mass is 10.1. The van der Waals surface area contributed by atoms with Crippen LogP contribution in [-0.4, -0.2) is 19.3 Å². The summed E-state index contributed by atoms with van der Waals surface area (Å²) in [5.41, 5.74) is 1.71. The molecule has 0 N–H and O–H groups in total. The molecular formula is C16H18N2O2. The van der Waals surface area contributed by atoms with Crippen molar-refractivity contribution >= 4 is 5.69 Å². The van der Waals surface area contributed by atoms with Crippen molar-refractivity contribution in [3.63, 3.8) is 0 Å². The Morgan fingerprint density at radius 3 is 2.75 bits per heavy atom. The third kappa shape index (κ3) is 4.82. The third-order valence-corrected chi connectivity index (χ3v) is 2.73. The van der Waals surface area contributed by atoms with Gasteiger partial charge in [-0.25, -0.2) is 0 Å². The number of nitrogens with zero attached hydrogens (tertiary/aromatic N) is 2. The number of hydrogen-bond donors (Lipinski definition) is 0. The summed E-state index contributed by atoms with van der Waals surface area (Å²) in [6.07, 6.45) is 8.24. The van der Waals surface area contributed by atoms with Crippen molar-refractivity contribution in [1.29, 1.82) is 0 Å². The highest BCUT2D eigenvalue weighted by molar-refractivity contribution is 5.35. The molecular weight excluding hydrogens is 252 g/mol. The molecule has 0 heterocycles. The molecule has 104 valence electrons. The van der Waals surface area contributed by atoms with Crippen LogP contribution < -0.4 is 0 Å². The van der Waals surface area contributed by atoms with Crippen LogP contribution in [0.3, 0.4) is 0 Å². The highest BCUT2D eigenvalue weighted by Crippen LogP contribution is 2.17. The van der Waals surface area contributed by atoms with Crippen LogP contribution in [0.25, 0.3) is 0 Å². The monoisotopic (exact) mass is 270 g/mol. The van der Waals surface area contributed by atoms with E-state index in [9.17, 15) is 0 Å². The molecule has 2 rings (SSSR count). The van der Waals surface area contributed by atoms with Gasteiger partial charge in [-0.05, 0) is 24.6 Å². The lowest BCUT2D eigenvalue weighted by molar-refractivity contribution is 0.0506. The number of benzene rings is 1. The van der Waals surface area contributed by atoms with Gasteiger partial charge in [0.2, 0.25) is 0 Å². The summed E-state index contributed by atoms with van der Waals surface area (Å²) in [4.78, 5) is 0. The van der Waals surface area contributed by atoms with Crippen molar-refractivity contribution in [2.75, 3.05) is 13.2 Å². The maximum Gasteiger partial charge on any atom is 0.111 e. The predicted octanol–water partition coefficient (Wildman–Crippen LogP) is 4.16. The van der Waals surface area contributed by atoms with Crippen LogP contribution in [-0.2, 0) is 9.47 Å². The van der Waals surface area contributed by atoms with Gasteiger partial charge in [0.05, 0.1) is 30.4 Å². The highest BCUT2D eigenvalue weighted by atomic mass is 16.5. The van der Waals surface area contributed by atoms with E-state index >= 15 is 0 Å². The number of allylic oxidation sites excluding steroid dienone is 1. The van der Waals surface area contributed by atoms with E-state index < -0.39 is 0 Å². The Bertz CT molecular complexity index is 506. The zero-order chi connectivity index (χ0) is 14.0. The quantitative estimate of drug-likeness (QED) is 0.424. The average Bonchev–Trinajstić information content (AvgIpc) is 2.52. The maximum absolute atomic E-state index is 5.62. The molecule has 4 nitrogen and oxygen atoms in total. The van der Waals surface area contributed by atoms with Crippen LogP contribution in [0, 0.1) is 0 Å². The third-order valence-electron chi connectivity index (χ3n) is 2.73. The van der Waals surface area contributed by atoms with Crippen LogP contribution >= 0.6 is 0 Å². The Morgan fingerprint density at radius 2 is 2.05 bits per heavy atom. The Hall–Kier alpha value is -2.20. The van der Waals surface area contributed by atoms with Gasteiger partial charge in [-0.2, -0.15) is 10.2 Å². The van der Waals surface area contributed by atoms with Gasteiger partial charge in [0.15, 0.2) is 0 Å². The molecule has 1 aromatic carbocycles. The molecule has 1 unspecified atom stereocenters.